The lowest BCUT2D eigenvalue weighted by Gasteiger charge is -1.89. The fraction of sp³-hybridized carbons (Fsp3) is 0. The predicted molar refractivity (Wildman–Crippen MR) is 56.6 cm³/mol. The van der Waals surface area contributed by atoms with Crippen molar-refractivity contribution in [1.29, 1.82) is 0 Å². The summed E-state index contributed by atoms with van der Waals surface area (Å²) >= 11 is 0. The summed E-state index contributed by atoms with van der Waals surface area (Å²) in [5, 5.41) is 0. The van der Waals surface area contributed by atoms with Gasteiger partial charge in [0.1, 0.15) is 0 Å². The summed E-state index contributed by atoms with van der Waals surface area (Å²) in [7, 11) is 0. The van der Waals surface area contributed by atoms with Crippen LogP contribution in [0.3, 0.4) is 0 Å². The van der Waals surface area contributed by atoms with Crippen molar-refractivity contribution >= 4 is 0 Å². The molecular weight excluding hydrogens is 189 g/mol. The number of halogens is 1. The largest absolute Gasteiger partial charge is 0.227 e. The van der Waals surface area contributed by atoms with Gasteiger partial charge in [0.15, 0.2) is 0 Å². The average Bonchev–Trinajstić information content (AvgIpc) is 2.30. The SMILES string of the molecule is Fc1ccc(C#Cc2ccccc2)cn1. The van der Waals surface area contributed by atoms with Crippen molar-refractivity contribution < 1.29 is 4.39 Å². The minimum atomic E-state index is -0.486. The predicted octanol–water partition coefficient (Wildman–Crippen LogP) is 2.62. The molecule has 2 aromatic rings. The molecule has 0 amide bonds. The highest BCUT2D eigenvalue weighted by Crippen LogP contribution is 1.99. The van der Waals surface area contributed by atoms with Crippen molar-refractivity contribution in [3.05, 3.63) is 65.7 Å². The van der Waals surface area contributed by atoms with E-state index in [2.05, 4.69) is 16.8 Å². The second-order valence-corrected chi connectivity index (χ2v) is 2.99. The molecule has 1 aromatic carbocycles. The minimum absolute atomic E-state index is 0.486. The summed E-state index contributed by atoms with van der Waals surface area (Å²) < 4.78 is 12.5. The van der Waals surface area contributed by atoms with Crippen LogP contribution < -0.4 is 0 Å². The van der Waals surface area contributed by atoms with E-state index in [1.807, 2.05) is 30.3 Å². The first kappa shape index (κ1) is 9.42. The fourth-order valence-electron chi connectivity index (χ4n) is 1.12. The fourth-order valence-corrected chi connectivity index (χ4v) is 1.12. The Labute approximate surface area is 87.6 Å². The molecule has 1 heterocycles. The molecule has 0 spiro atoms. The Kier molecular flexibility index (Phi) is 2.75. The van der Waals surface area contributed by atoms with Gasteiger partial charge >= 0.3 is 0 Å². The van der Waals surface area contributed by atoms with Crippen molar-refractivity contribution in [2.24, 2.45) is 0 Å². The lowest BCUT2D eigenvalue weighted by molar-refractivity contribution is 0.583. The number of hydrogen-bond donors (Lipinski definition) is 0. The van der Waals surface area contributed by atoms with Crippen LogP contribution in [-0.2, 0) is 0 Å². The van der Waals surface area contributed by atoms with Crippen molar-refractivity contribution in [2.75, 3.05) is 0 Å². The molecule has 2 heteroatoms. The molecule has 0 aliphatic heterocycles. The van der Waals surface area contributed by atoms with Crippen molar-refractivity contribution in [2.45, 2.75) is 0 Å². The van der Waals surface area contributed by atoms with Gasteiger partial charge in [-0.3, -0.25) is 0 Å². The zero-order valence-electron chi connectivity index (χ0n) is 7.94. The van der Waals surface area contributed by atoms with Gasteiger partial charge in [-0.15, -0.1) is 0 Å². The Morgan fingerprint density at radius 2 is 1.60 bits per heavy atom. The molecule has 15 heavy (non-hydrogen) atoms. The van der Waals surface area contributed by atoms with Gasteiger partial charge in [-0.25, -0.2) is 4.98 Å². The van der Waals surface area contributed by atoms with Gasteiger partial charge in [0.2, 0.25) is 5.95 Å². The number of rotatable bonds is 0. The van der Waals surface area contributed by atoms with E-state index in [0.29, 0.717) is 5.56 Å². The van der Waals surface area contributed by atoms with Crippen molar-refractivity contribution in [3.8, 4) is 11.8 Å². The number of benzene rings is 1. The van der Waals surface area contributed by atoms with E-state index in [1.165, 1.54) is 12.3 Å². The highest BCUT2D eigenvalue weighted by atomic mass is 19.1. The Bertz CT molecular complexity index is 492. The molecule has 0 fully saturated rings. The normalized spacial score (nSPS) is 9.13. The summed E-state index contributed by atoms with van der Waals surface area (Å²) in [6.45, 7) is 0. The third-order valence-electron chi connectivity index (χ3n) is 1.85. The van der Waals surface area contributed by atoms with Gasteiger partial charge in [-0.05, 0) is 24.3 Å². The summed E-state index contributed by atoms with van der Waals surface area (Å²) in [6, 6.07) is 12.5. The maximum absolute atomic E-state index is 12.5. The van der Waals surface area contributed by atoms with Crippen LogP contribution in [-0.4, -0.2) is 4.98 Å². The van der Waals surface area contributed by atoms with Crippen molar-refractivity contribution in [1.82, 2.24) is 4.98 Å². The Morgan fingerprint density at radius 1 is 0.867 bits per heavy atom. The van der Waals surface area contributed by atoms with E-state index in [0.717, 1.165) is 5.56 Å². The van der Waals surface area contributed by atoms with Crippen LogP contribution in [0.2, 0.25) is 0 Å². The van der Waals surface area contributed by atoms with Gasteiger partial charge in [0.25, 0.3) is 0 Å². The summed E-state index contributed by atoms with van der Waals surface area (Å²) in [5.74, 6) is 5.39. The molecule has 1 aromatic heterocycles. The van der Waals surface area contributed by atoms with Gasteiger partial charge in [0.05, 0.1) is 0 Å². The molecular formula is C13H8FN. The summed E-state index contributed by atoms with van der Waals surface area (Å²) in [4.78, 5) is 3.52. The van der Waals surface area contributed by atoms with Crippen molar-refractivity contribution in [3.63, 3.8) is 0 Å². The minimum Gasteiger partial charge on any atom is -0.227 e. The first-order valence-corrected chi connectivity index (χ1v) is 4.53. The van der Waals surface area contributed by atoms with Gasteiger partial charge < -0.3 is 0 Å². The number of hydrogen-bond acceptors (Lipinski definition) is 1. The second-order valence-electron chi connectivity index (χ2n) is 2.99. The Morgan fingerprint density at radius 3 is 2.27 bits per heavy atom. The maximum atomic E-state index is 12.5. The zero-order chi connectivity index (χ0) is 10.5. The van der Waals surface area contributed by atoms with Crippen LogP contribution in [0.15, 0.2) is 48.7 Å². The summed E-state index contributed by atoms with van der Waals surface area (Å²) in [6.07, 6.45) is 1.42. The van der Waals surface area contributed by atoms with E-state index in [1.54, 1.807) is 6.07 Å². The smallest absolute Gasteiger partial charge is 0.212 e. The summed E-state index contributed by atoms with van der Waals surface area (Å²) in [5.41, 5.74) is 1.64. The van der Waals surface area contributed by atoms with Gasteiger partial charge in [-0.2, -0.15) is 4.39 Å². The molecule has 0 radical (unpaired) electrons. The Hall–Kier alpha value is -2.14. The second kappa shape index (κ2) is 4.39. The third-order valence-corrected chi connectivity index (χ3v) is 1.85. The molecule has 0 N–H and O–H groups in total. The van der Waals surface area contributed by atoms with Crippen LogP contribution >= 0.6 is 0 Å². The standard InChI is InChI=1S/C13H8FN/c14-13-9-8-12(10-15-13)7-6-11-4-2-1-3-5-11/h1-5,8-10H. The topological polar surface area (TPSA) is 12.9 Å². The van der Waals surface area contributed by atoms with E-state index in [-0.39, 0.29) is 0 Å². The van der Waals surface area contributed by atoms with E-state index in [9.17, 15) is 4.39 Å². The van der Waals surface area contributed by atoms with Gasteiger partial charge in [-0.1, -0.05) is 30.0 Å². The van der Waals surface area contributed by atoms with E-state index < -0.39 is 5.95 Å². The highest BCUT2D eigenvalue weighted by Gasteiger charge is 1.89. The van der Waals surface area contributed by atoms with Crippen LogP contribution in [0.25, 0.3) is 0 Å². The van der Waals surface area contributed by atoms with Crippen LogP contribution in [0, 0.1) is 17.8 Å². The van der Waals surface area contributed by atoms with Crippen LogP contribution in [0.1, 0.15) is 11.1 Å². The molecule has 1 nitrogen and oxygen atoms in total. The lowest BCUT2D eigenvalue weighted by atomic mass is 10.2. The molecule has 0 saturated carbocycles. The molecule has 0 aliphatic carbocycles. The molecule has 0 bridgehead atoms. The highest BCUT2D eigenvalue weighted by molar-refractivity contribution is 5.41. The van der Waals surface area contributed by atoms with Crippen LogP contribution in [0.4, 0.5) is 4.39 Å². The molecule has 72 valence electrons. The Balaban J connectivity index is 2.22. The molecule has 0 atom stereocenters. The third kappa shape index (κ3) is 2.65. The number of pyridine rings is 1. The monoisotopic (exact) mass is 197 g/mol. The maximum Gasteiger partial charge on any atom is 0.212 e. The average molecular weight is 197 g/mol. The van der Waals surface area contributed by atoms with E-state index >= 15 is 0 Å². The first-order chi connectivity index (χ1) is 7.34. The number of nitrogens with zero attached hydrogens (tertiary/aromatic N) is 1. The number of aromatic nitrogens is 1. The molecule has 0 unspecified atom stereocenters. The molecule has 2 rings (SSSR count). The first-order valence-electron chi connectivity index (χ1n) is 4.53. The van der Waals surface area contributed by atoms with E-state index in [4.69, 9.17) is 0 Å². The zero-order valence-corrected chi connectivity index (χ0v) is 7.94. The van der Waals surface area contributed by atoms with Gasteiger partial charge in [0, 0.05) is 17.3 Å². The quantitative estimate of drug-likeness (QED) is 0.467. The molecule has 0 saturated heterocycles. The van der Waals surface area contributed by atoms with Crippen LogP contribution in [0.5, 0.6) is 0 Å². The lowest BCUT2D eigenvalue weighted by Crippen LogP contribution is -1.82. The molecule has 0 aliphatic rings.